The largest absolute Gasteiger partial charge is 0.378 e. The minimum Gasteiger partial charge on any atom is -0.378 e. The number of rotatable bonds is 1. The Kier molecular flexibility index (Phi) is 1.86. The molecular formula is C5H10N2O. The van der Waals surface area contributed by atoms with Crippen molar-refractivity contribution in [1.82, 2.24) is 5.32 Å². The Morgan fingerprint density at radius 3 is 3.12 bits per heavy atom. The first-order chi connectivity index (χ1) is 3.93. The van der Waals surface area contributed by atoms with E-state index in [-0.39, 0.29) is 6.10 Å². The highest BCUT2D eigenvalue weighted by molar-refractivity contribution is 5.55. The quantitative estimate of drug-likeness (QED) is 0.504. The first kappa shape index (κ1) is 5.56. The number of nitrogens with one attached hydrogen (secondary N) is 1. The minimum absolute atomic E-state index is 0.278. The first-order valence-electron chi connectivity index (χ1n) is 2.68. The Morgan fingerprint density at radius 2 is 2.75 bits per heavy atom. The van der Waals surface area contributed by atoms with E-state index < -0.39 is 0 Å². The summed E-state index contributed by atoms with van der Waals surface area (Å²) in [6, 6.07) is 0. The molecule has 0 aromatic rings. The molecule has 0 amide bonds. The Bertz CT molecular complexity index is 92.4. The standard InChI is InChI=1S/C5H10N2O/c1-8-5-2-6-4-7-3-5/h4-5H,2-3H2,1H3,(H,6,7). The molecule has 1 heterocycles. The van der Waals surface area contributed by atoms with Gasteiger partial charge in [0.25, 0.3) is 0 Å². The van der Waals surface area contributed by atoms with Crippen LogP contribution in [-0.4, -0.2) is 32.6 Å². The molecule has 1 atom stereocenters. The van der Waals surface area contributed by atoms with Gasteiger partial charge in [0, 0.05) is 13.7 Å². The van der Waals surface area contributed by atoms with Crippen LogP contribution in [0.15, 0.2) is 4.99 Å². The number of ether oxygens (including phenoxy) is 1. The van der Waals surface area contributed by atoms with Crippen LogP contribution in [-0.2, 0) is 4.74 Å². The number of aliphatic imine (C=N–C) groups is 1. The molecule has 0 fully saturated rings. The summed E-state index contributed by atoms with van der Waals surface area (Å²) in [5.41, 5.74) is 0. The molecule has 1 N–H and O–H groups in total. The van der Waals surface area contributed by atoms with E-state index in [1.165, 1.54) is 0 Å². The summed E-state index contributed by atoms with van der Waals surface area (Å²) in [5.74, 6) is 0. The third-order valence-corrected chi connectivity index (χ3v) is 1.17. The van der Waals surface area contributed by atoms with E-state index in [0.29, 0.717) is 0 Å². The molecule has 0 radical (unpaired) electrons. The van der Waals surface area contributed by atoms with E-state index >= 15 is 0 Å². The molecule has 1 unspecified atom stereocenters. The Labute approximate surface area is 48.8 Å². The van der Waals surface area contributed by atoms with Crippen LogP contribution >= 0.6 is 0 Å². The maximum Gasteiger partial charge on any atom is 0.0939 e. The average molecular weight is 114 g/mol. The summed E-state index contributed by atoms with van der Waals surface area (Å²) in [7, 11) is 1.70. The summed E-state index contributed by atoms with van der Waals surface area (Å²) in [6.45, 7) is 1.68. The van der Waals surface area contributed by atoms with Crippen molar-refractivity contribution >= 4 is 6.34 Å². The molecule has 0 aromatic heterocycles. The molecule has 1 aliphatic rings. The van der Waals surface area contributed by atoms with Crippen LogP contribution in [0, 0.1) is 0 Å². The molecule has 1 aliphatic heterocycles. The van der Waals surface area contributed by atoms with Crippen LogP contribution in [0.1, 0.15) is 0 Å². The fourth-order valence-corrected chi connectivity index (χ4v) is 0.641. The molecule has 8 heavy (non-hydrogen) atoms. The molecule has 46 valence electrons. The van der Waals surface area contributed by atoms with Crippen molar-refractivity contribution in [2.75, 3.05) is 20.2 Å². The van der Waals surface area contributed by atoms with Crippen molar-refractivity contribution in [3.63, 3.8) is 0 Å². The molecule has 0 aliphatic carbocycles. The van der Waals surface area contributed by atoms with E-state index in [1.807, 2.05) is 0 Å². The van der Waals surface area contributed by atoms with Gasteiger partial charge in [0.1, 0.15) is 0 Å². The zero-order valence-corrected chi connectivity index (χ0v) is 4.92. The number of hydrogen-bond acceptors (Lipinski definition) is 3. The third-order valence-electron chi connectivity index (χ3n) is 1.17. The summed E-state index contributed by atoms with van der Waals surface area (Å²) in [5, 5.41) is 2.97. The number of nitrogens with zero attached hydrogens (tertiary/aromatic N) is 1. The van der Waals surface area contributed by atoms with E-state index in [9.17, 15) is 0 Å². The Morgan fingerprint density at radius 1 is 1.88 bits per heavy atom. The van der Waals surface area contributed by atoms with E-state index in [2.05, 4.69) is 10.3 Å². The maximum atomic E-state index is 5.01. The molecule has 0 spiro atoms. The zero-order chi connectivity index (χ0) is 5.82. The van der Waals surface area contributed by atoms with Crippen molar-refractivity contribution in [1.29, 1.82) is 0 Å². The smallest absolute Gasteiger partial charge is 0.0939 e. The number of methoxy groups -OCH3 is 1. The van der Waals surface area contributed by atoms with E-state index in [4.69, 9.17) is 4.74 Å². The lowest BCUT2D eigenvalue weighted by atomic mass is 10.3. The summed E-state index contributed by atoms with van der Waals surface area (Å²) in [4.78, 5) is 3.97. The van der Waals surface area contributed by atoms with Crippen LogP contribution in [0.5, 0.6) is 0 Å². The fraction of sp³-hybridized carbons (Fsp3) is 0.800. The molecule has 0 saturated carbocycles. The lowest BCUT2D eigenvalue weighted by molar-refractivity contribution is 0.110. The summed E-state index contributed by atoms with van der Waals surface area (Å²) < 4.78 is 5.01. The van der Waals surface area contributed by atoms with Gasteiger partial charge in [0.05, 0.1) is 19.0 Å². The normalized spacial score (nSPS) is 27.4. The third kappa shape index (κ3) is 1.20. The van der Waals surface area contributed by atoms with Crippen LogP contribution in [0.2, 0.25) is 0 Å². The summed E-state index contributed by atoms with van der Waals surface area (Å²) >= 11 is 0. The van der Waals surface area contributed by atoms with Crippen LogP contribution in [0.4, 0.5) is 0 Å². The SMILES string of the molecule is COC1CN=CNC1. The van der Waals surface area contributed by atoms with Gasteiger partial charge in [-0.25, -0.2) is 0 Å². The molecule has 3 nitrogen and oxygen atoms in total. The zero-order valence-electron chi connectivity index (χ0n) is 4.92. The Hall–Kier alpha value is -0.570. The predicted molar refractivity (Wildman–Crippen MR) is 32.2 cm³/mol. The second-order valence-corrected chi connectivity index (χ2v) is 1.76. The van der Waals surface area contributed by atoms with E-state index in [1.54, 1.807) is 13.4 Å². The van der Waals surface area contributed by atoms with Crippen molar-refractivity contribution in [3.8, 4) is 0 Å². The van der Waals surface area contributed by atoms with Crippen molar-refractivity contribution in [2.45, 2.75) is 6.10 Å². The lowest BCUT2D eigenvalue weighted by Crippen LogP contribution is -2.33. The topological polar surface area (TPSA) is 33.6 Å². The van der Waals surface area contributed by atoms with Crippen molar-refractivity contribution < 1.29 is 4.74 Å². The number of hydrogen-bond donors (Lipinski definition) is 1. The average Bonchev–Trinajstić information content (AvgIpc) is 1.90. The Balaban J connectivity index is 2.27. The van der Waals surface area contributed by atoms with Crippen molar-refractivity contribution in [3.05, 3.63) is 0 Å². The van der Waals surface area contributed by atoms with Gasteiger partial charge in [-0.1, -0.05) is 0 Å². The van der Waals surface area contributed by atoms with Gasteiger partial charge in [-0.15, -0.1) is 0 Å². The first-order valence-corrected chi connectivity index (χ1v) is 2.68. The van der Waals surface area contributed by atoms with Gasteiger partial charge in [-0.3, -0.25) is 4.99 Å². The van der Waals surface area contributed by atoms with Gasteiger partial charge >= 0.3 is 0 Å². The van der Waals surface area contributed by atoms with Gasteiger partial charge in [-0.2, -0.15) is 0 Å². The molecular weight excluding hydrogens is 104 g/mol. The predicted octanol–water partition coefficient (Wildman–Crippen LogP) is -0.367. The van der Waals surface area contributed by atoms with Crippen molar-refractivity contribution in [2.24, 2.45) is 4.99 Å². The molecule has 1 rings (SSSR count). The van der Waals surface area contributed by atoms with E-state index in [0.717, 1.165) is 13.1 Å². The highest BCUT2D eigenvalue weighted by Crippen LogP contribution is 1.90. The fourth-order valence-electron chi connectivity index (χ4n) is 0.641. The minimum atomic E-state index is 0.278. The molecule has 0 bridgehead atoms. The lowest BCUT2D eigenvalue weighted by Gasteiger charge is -2.15. The van der Waals surface area contributed by atoms with Gasteiger partial charge in [0.15, 0.2) is 0 Å². The second-order valence-electron chi connectivity index (χ2n) is 1.76. The maximum absolute atomic E-state index is 5.01. The van der Waals surface area contributed by atoms with Crippen LogP contribution in [0.3, 0.4) is 0 Å². The van der Waals surface area contributed by atoms with Crippen LogP contribution in [0.25, 0.3) is 0 Å². The monoisotopic (exact) mass is 114 g/mol. The highest BCUT2D eigenvalue weighted by atomic mass is 16.5. The highest BCUT2D eigenvalue weighted by Gasteiger charge is 2.06. The second kappa shape index (κ2) is 2.67. The van der Waals surface area contributed by atoms with Gasteiger partial charge < -0.3 is 10.1 Å². The van der Waals surface area contributed by atoms with Gasteiger partial charge in [0.2, 0.25) is 0 Å². The summed E-state index contributed by atoms with van der Waals surface area (Å²) in [6.07, 6.45) is 2.00. The van der Waals surface area contributed by atoms with Gasteiger partial charge in [-0.05, 0) is 0 Å². The van der Waals surface area contributed by atoms with Crippen LogP contribution < -0.4 is 5.32 Å². The molecule has 3 heteroatoms. The molecule has 0 aromatic carbocycles. The molecule has 0 saturated heterocycles.